The van der Waals surface area contributed by atoms with Crippen molar-refractivity contribution in [3.05, 3.63) is 51.7 Å². The van der Waals surface area contributed by atoms with E-state index < -0.39 is 6.10 Å². The zero-order chi connectivity index (χ0) is 16.1. The monoisotopic (exact) mass is 322 g/mol. The van der Waals surface area contributed by atoms with Crippen LogP contribution in [0.2, 0.25) is 0 Å². The fourth-order valence-electron chi connectivity index (χ4n) is 2.19. The van der Waals surface area contributed by atoms with E-state index in [1.54, 1.807) is 23.5 Å². The van der Waals surface area contributed by atoms with Gasteiger partial charge in [-0.3, -0.25) is 0 Å². The van der Waals surface area contributed by atoms with Crippen LogP contribution in [0.4, 0.5) is 4.39 Å². The van der Waals surface area contributed by atoms with Crippen LogP contribution in [0.1, 0.15) is 55.5 Å². The zero-order valence-corrected chi connectivity index (χ0v) is 14.0. The first kappa shape index (κ1) is 17.1. The maximum atomic E-state index is 12.9. The molecule has 2 unspecified atom stereocenters. The Kier molecular flexibility index (Phi) is 6.06. The number of aliphatic hydroxyl groups excluding tert-OH is 1. The second kappa shape index (κ2) is 7.81. The SMILES string of the molecule is CC(CC(O)c1ccc(F)cc1)NCc1csc(C(C)C)n1. The molecular weight excluding hydrogens is 299 g/mol. The van der Waals surface area contributed by atoms with Crippen LogP contribution >= 0.6 is 11.3 Å². The normalized spacial score (nSPS) is 14.3. The Morgan fingerprint density at radius 2 is 1.91 bits per heavy atom. The topological polar surface area (TPSA) is 45.1 Å². The fraction of sp³-hybridized carbons (Fsp3) is 0.471. The molecule has 1 heterocycles. The van der Waals surface area contributed by atoms with Gasteiger partial charge in [-0.1, -0.05) is 26.0 Å². The Labute approximate surface area is 135 Å². The fourth-order valence-corrected chi connectivity index (χ4v) is 3.02. The molecule has 0 bridgehead atoms. The van der Waals surface area contributed by atoms with Crippen molar-refractivity contribution in [2.24, 2.45) is 0 Å². The highest BCUT2D eigenvalue weighted by molar-refractivity contribution is 7.09. The van der Waals surface area contributed by atoms with Crippen molar-refractivity contribution in [3.8, 4) is 0 Å². The summed E-state index contributed by atoms with van der Waals surface area (Å²) in [4.78, 5) is 4.58. The number of nitrogens with zero attached hydrogens (tertiary/aromatic N) is 1. The van der Waals surface area contributed by atoms with Crippen molar-refractivity contribution in [2.45, 2.75) is 51.8 Å². The summed E-state index contributed by atoms with van der Waals surface area (Å²) in [6.07, 6.45) is -0.0166. The number of rotatable bonds is 7. The molecule has 0 saturated carbocycles. The molecule has 0 spiro atoms. The molecule has 2 atom stereocenters. The van der Waals surface area contributed by atoms with Crippen LogP contribution in [0, 0.1) is 5.82 Å². The molecule has 5 heteroatoms. The van der Waals surface area contributed by atoms with E-state index in [1.165, 1.54) is 12.1 Å². The second-order valence-corrected chi connectivity index (χ2v) is 6.81. The van der Waals surface area contributed by atoms with Gasteiger partial charge in [0.15, 0.2) is 0 Å². The minimum atomic E-state index is -0.593. The molecule has 3 nitrogen and oxygen atoms in total. The van der Waals surface area contributed by atoms with Gasteiger partial charge in [0.2, 0.25) is 0 Å². The highest BCUT2D eigenvalue weighted by Crippen LogP contribution is 2.20. The molecule has 22 heavy (non-hydrogen) atoms. The van der Waals surface area contributed by atoms with E-state index in [-0.39, 0.29) is 11.9 Å². The van der Waals surface area contributed by atoms with E-state index in [0.29, 0.717) is 18.9 Å². The summed E-state index contributed by atoms with van der Waals surface area (Å²) < 4.78 is 12.9. The zero-order valence-electron chi connectivity index (χ0n) is 13.2. The number of halogens is 1. The lowest BCUT2D eigenvalue weighted by molar-refractivity contribution is 0.153. The van der Waals surface area contributed by atoms with Gasteiger partial charge in [0, 0.05) is 23.9 Å². The third-order valence-corrected chi connectivity index (χ3v) is 4.72. The van der Waals surface area contributed by atoms with Gasteiger partial charge in [0.1, 0.15) is 5.82 Å². The molecule has 120 valence electrons. The van der Waals surface area contributed by atoms with Crippen LogP contribution in [-0.4, -0.2) is 16.1 Å². The van der Waals surface area contributed by atoms with Crippen molar-refractivity contribution in [3.63, 3.8) is 0 Å². The number of nitrogens with one attached hydrogen (secondary N) is 1. The molecule has 2 rings (SSSR count). The van der Waals surface area contributed by atoms with Crippen molar-refractivity contribution in [1.29, 1.82) is 0 Å². The van der Waals surface area contributed by atoms with Crippen LogP contribution in [0.5, 0.6) is 0 Å². The minimum Gasteiger partial charge on any atom is -0.388 e. The van der Waals surface area contributed by atoms with Crippen LogP contribution in [0.3, 0.4) is 0 Å². The summed E-state index contributed by atoms with van der Waals surface area (Å²) in [6, 6.07) is 6.15. The highest BCUT2D eigenvalue weighted by Gasteiger charge is 2.13. The van der Waals surface area contributed by atoms with Crippen molar-refractivity contribution in [1.82, 2.24) is 10.3 Å². The first-order chi connectivity index (χ1) is 10.5. The Morgan fingerprint density at radius 1 is 1.23 bits per heavy atom. The Hall–Kier alpha value is -1.30. The number of hydrogen-bond donors (Lipinski definition) is 2. The van der Waals surface area contributed by atoms with E-state index in [4.69, 9.17) is 0 Å². The van der Waals surface area contributed by atoms with Crippen molar-refractivity contribution in [2.75, 3.05) is 0 Å². The first-order valence-electron chi connectivity index (χ1n) is 7.57. The summed E-state index contributed by atoms with van der Waals surface area (Å²) in [5, 5.41) is 16.8. The van der Waals surface area contributed by atoms with Crippen molar-refractivity contribution >= 4 is 11.3 Å². The molecule has 0 fully saturated rings. The van der Waals surface area contributed by atoms with E-state index in [0.717, 1.165) is 16.3 Å². The van der Waals surface area contributed by atoms with Gasteiger partial charge in [0.25, 0.3) is 0 Å². The number of hydrogen-bond acceptors (Lipinski definition) is 4. The second-order valence-electron chi connectivity index (χ2n) is 5.92. The van der Waals surface area contributed by atoms with Crippen LogP contribution in [-0.2, 0) is 6.54 Å². The molecule has 0 aliphatic carbocycles. The summed E-state index contributed by atoms with van der Waals surface area (Å²) >= 11 is 1.69. The number of aliphatic hydroxyl groups is 1. The van der Waals surface area contributed by atoms with Gasteiger partial charge in [-0.2, -0.15) is 0 Å². The summed E-state index contributed by atoms with van der Waals surface area (Å²) in [5.41, 5.74) is 1.78. The van der Waals surface area contributed by atoms with Gasteiger partial charge in [-0.15, -0.1) is 11.3 Å². The molecule has 0 saturated heterocycles. The van der Waals surface area contributed by atoms with Gasteiger partial charge in [0.05, 0.1) is 16.8 Å². The Balaban J connectivity index is 1.81. The lowest BCUT2D eigenvalue weighted by atomic mass is 10.0. The molecule has 1 aromatic heterocycles. The standard InChI is InChI=1S/C17H23FN2OS/c1-11(2)17-20-15(10-22-17)9-19-12(3)8-16(21)13-4-6-14(18)7-5-13/h4-7,10-12,16,19,21H,8-9H2,1-3H3. The molecule has 0 aliphatic heterocycles. The lowest BCUT2D eigenvalue weighted by Crippen LogP contribution is -2.27. The van der Waals surface area contributed by atoms with E-state index in [2.05, 4.69) is 29.5 Å². The van der Waals surface area contributed by atoms with Gasteiger partial charge < -0.3 is 10.4 Å². The number of benzene rings is 1. The summed E-state index contributed by atoms with van der Waals surface area (Å²) in [6.45, 7) is 7.00. The number of aromatic nitrogens is 1. The molecule has 0 amide bonds. The van der Waals surface area contributed by atoms with Gasteiger partial charge in [-0.25, -0.2) is 9.37 Å². The molecule has 1 aromatic carbocycles. The summed E-state index contributed by atoms with van der Waals surface area (Å²) in [7, 11) is 0. The predicted octanol–water partition coefficient (Wildman–Crippen LogP) is 4.01. The minimum absolute atomic E-state index is 0.143. The smallest absolute Gasteiger partial charge is 0.123 e. The van der Waals surface area contributed by atoms with E-state index >= 15 is 0 Å². The summed E-state index contributed by atoms with van der Waals surface area (Å²) in [5.74, 6) is 0.170. The maximum Gasteiger partial charge on any atom is 0.123 e. The van der Waals surface area contributed by atoms with E-state index in [1.807, 2.05) is 6.92 Å². The van der Waals surface area contributed by atoms with Crippen LogP contribution in [0.15, 0.2) is 29.6 Å². The lowest BCUT2D eigenvalue weighted by Gasteiger charge is -2.17. The largest absolute Gasteiger partial charge is 0.388 e. The van der Waals surface area contributed by atoms with Crippen LogP contribution in [0.25, 0.3) is 0 Å². The van der Waals surface area contributed by atoms with Gasteiger partial charge in [-0.05, 0) is 31.0 Å². The average molecular weight is 322 g/mol. The molecule has 2 aromatic rings. The quantitative estimate of drug-likeness (QED) is 0.809. The molecule has 0 aliphatic rings. The third-order valence-electron chi connectivity index (χ3n) is 3.53. The molecule has 0 radical (unpaired) electrons. The molecular formula is C17H23FN2OS. The van der Waals surface area contributed by atoms with E-state index in [9.17, 15) is 9.50 Å². The predicted molar refractivity (Wildman–Crippen MR) is 88.5 cm³/mol. The number of thiazole rings is 1. The molecule has 2 N–H and O–H groups in total. The van der Waals surface area contributed by atoms with Gasteiger partial charge >= 0.3 is 0 Å². The Morgan fingerprint density at radius 3 is 2.50 bits per heavy atom. The van der Waals surface area contributed by atoms with Crippen LogP contribution < -0.4 is 5.32 Å². The average Bonchev–Trinajstić information content (AvgIpc) is 2.95. The van der Waals surface area contributed by atoms with Crippen molar-refractivity contribution < 1.29 is 9.50 Å². The Bertz CT molecular complexity index is 583. The maximum absolute atomic E-state index is 12.9. The highest BCUT2D eigenvalue weighted by atomic mass is 32.1. The third kappa shape index (κ3) is 4.87. The first-order valence-corrected chi connectivity index (χ1v) is 8.45.